The number of hydrazone groups is 1. The summed E-state index contributed by atoms with van der Waals surface area (Å²) in [6, 6.07) is 14.6. The zero-order valence-electron chi connectivity index (χ0n) is 16.3. The fourth-order valence-electron chi connectivity index (χ4n) is 2.41. The molecule has 3 rings (SSSR count). The first-order chi connectivity index (χ1) is 14.6. The van der Waals surface area contributed by atoms with E-state index in [0.29, 0.717) is 28.7 Å². The molecule has 0 aliphatic carbocycles. The number of carbonyl (C=O) groups is 2. The molecule has 0 saturated carbocycles. The largest absolute Gasteiger partial charge is 0.496 e. The van der Waals surface area contributed by atoms with Crippen molar-refractivity contribution in [3.05, 3.63) is 54.1 Å². The number of aromatic nitrogens is 2. The summed E-state index contributed by atoms with van der Waals surface area (Å²) in [5, 5.41) is 15.0. The molecule has 0 atom stereocenters. The van der Waals surface area contributed by atoms with E-state index in [1.54, 1.807) is 18.2 Å². The Labute approximate surface area is 176 Å². The summed E-state index contributed by atoms with van der Waals surface area (Å²) < 4.78 is 10.7. The third-order valence-corrected chi connectivity index (χ3v) is 4.64. The molecule has 30 heavy (non-hydrogen) atoms. The summed E-state index contributed by atoms with van der Waals surface area (Å²) >= 11 is 1.16. The van der Waals surface area contributed by atoms with E-state index < -0.39 is 11.8 Å². The number of amides is 2. The van der Waals surface area contributed by atoms with Crippen LogP contribution in [0.2, 0.25) is 0 Å². The van der Waals surface area contributed by atoms with Gasteiger partial charge in [0.1, 0.15) is 16.5 Å². The van der Waals surface area contributed by atoms with Crippen molar-refractivity contribution in [1.29, 1.82) is 0 Å². The lowest BCUT2D eigenvalue weighted by molar-refractivity contribution is -0.136. The predicted octanol–water partition coefficient (Wildman–Crippen LogP) is 2.70. The number of hydrogen-bond donors (Lipinski definition) is 2. The molecular weight excluding hydrogens is 406 g/mol. The molecule has 2 aromatic carbocycles. The van der Waals surface area contributed by atoms with Gasteiger partial charge in [-0.2, -0.15) is 5.10 Å². The Morgan fingerprint density at radius 3 is 2.67 bits per heavy atom. The van der Waals surface area contributed by atoms with Crippen molar-refractivity contribution in [3.63, 3.8) is 0 Å². The number of carbonyl (C=O) groups excluding carboxylic acids is 2. The molecule has 10 heteroatoms. The zero-order chi connectivity index (χ0) is 21.3. The minimum atomic E-state index is -0.942. The van der Waals surface area contributed by atoms with Crippen LogP contribution in [-0.2, 0) is 9.59 Å². The van der Waals surface area contributed by atoms with Crippen LogP contribution in [0.25, 0.3) is 10.6 Å². The van der Waals surface area contributed by atoms with Gasteiger partial charge in [-0.3, -0.25) is 14.9 Å². The van der Waals surface area contributed by atoms with Crippen molar-refractivity contribution in [2.45, 2.75) is 6.92 Å². The van der Waals surface area contributed by atoms with Crippen LogP contribution in [0.1, 0.15) is 12.5 Å². The van der Waals surface area contributed by atoms with Crippen LogP contribution in [0.4, 0.5) is 5.13 Å². The number of nitrogens with zero attached hydrogens (tertiary/aromatic N) is 3. The van der Waals surface area contributed by atoms with Crippen LogP contribution in [0, 0.1) is 0 Å². The minimum Gasteiger partial charge on any atom is -0.496 e. The molecule has 2 N–H and O–H groups in total. The van der Waals surface area contributed by atoms with Gasteiger partial charge >= 0.3 is 11.8 Å². The Bertz CT molecular complexity index is 1050. The summed E-state index contributed by atoms with van der Waals surface area (Å²) in [5.74, 6) is -0.668. The molecule has 0 radical (unpaired) electrons. The lowest BCUT2D eigenvalue weighted by Gasteiger charge is -2.08. The topological polar surface area (TPSA) is 115 Å². The molecule has 9 nitrogen and oxygen atoms in total. The average Bonchev–Trinajstić information content (AvgIpc) is 3.23. The zero-order valence-corrected chi connectivity index (χ0v) is 17.1. The van der Waals surface area contributed by atoms with Gasteiger partial charge in [0, 0.05) is 11.1 Å². The summed E-state index contributed by atoms with van der Waals surface area (Å²) in [6.45, 7) is 2.38. The van der Waals surface area contributed by atoms with Crippen molar-refractivity contribution in [2.24, 2.45) is 5.10 Å². The molecule has 3 aromatic rings. The second kappa shape index (κ2) is 10.1. The standard InChI is InChI=1S/C20H19N5O4S/c1-3-29-15-9-10-16(28-2)14(11-15)12-21-23-18(27)17(26)22-20-25-24-19(30-20)13-7-5-4-6-8-13/h4-12H,3H2,1-2H3,(H,23,27)(H,22,25,26)/b21-12+. The van der Waals surface area contributed by atoms with Gasteiger partial charge in [-0.1, -0.05) is 41.7 Å². The first-order valence-electron chi connectivity index (χ1n) is 8.95. The van der Waals surface area contributed by atoms with Crippen LogP contribution < -0.4 is 20.2 Å². The van der Waals surface area contributed by atoms with Crippen LogP contribution in [0.3, 0.4) is 0 Å². The number of rotatable bonds is 7. The molecule has 0 spiro atoms. The van der Waals surface area contributed by atoms with Crippen molar-refractivity contribution in [1.82, 2.24) is 15.6 Å². The van der Waals surface area contributed by atoms with E-state index in [2.05, 4.69) is 26.0 Å². The average molecular weight is 425 g/mol. The highest BCUT2D eigenvalue weighted by molar-refractivity contribution is 7.18. The van der Waals surface area contributed by atoms with E-state index in [-0.39, 0.29) is 5.13 Å². The third-order valence-electron chi connectivity index (χ3n) is 3.75. The number of anilines is 1. The molecule has 154 valence electrons. The van der Waals surface area contributed by atoms with Crippen molar-refractivity contribution < 1.29 is 19.1 Å². The van der Waals surface area contributed by atoms with E-state index in [0.717, 1.165) is 16.9 Å². The van der Waals surface area contributed by atoms with Crippen LogP contribution in [0.5, 0.6) is 11.5 Å². The Balaban J connectivity index is 1.59. The minimum absolute atomic E-state index is 0.212. The molecule has 1 aromatic heterocycles. The maximum Gasteiger partial charge on any atom is 0.329 e. The molecular formula is C20H19N5O4S. The van der Waals surface area contributed by atoms with E-state index in [1.807, 2.05) is 37.3 Å². The second-order valence-corrected chi connectivity index (χ2v) is 6.75. The smallest absolute Gasteiger partial charge is 0.329 e. The number of ether oxygens (including phenoxy) is 2. The van der Waals surface area contributed by atoms with Gasteiger partial charge in [-0.05, 0) is 25.1 Å². The van der Waals surface area contributed by atoms with Crippen LogP contribution >= 0.6 is 11.3 Å². The van der Waals surface area contributed by atoms with Crippen molar-refractivity contribution >= 4 is 34.5 Å². The third kappa shape index (κ3) is 5.39. The molecule has 2 amide bonds. The first-order valence-corrected chi connectivity index (χ1v) is 9.76. The number of hydrogen-bond acceptors (Lipinski definition) is 8. The van der Waals surface area contributed by atoms with Crippen molar-refractivity contribution in [2.75, 3.05) is 19.0 Å². The van der Waals surface area contributed by atoms with Gasteiger partial charge in [-0.25, -0.2) is 5.43 Å². The van der Waals surface area contributed by atoms with Gasteiger partial charge in [-0.15, -0.1) is 10.2 Å². The number of methoxy groups -OCH3 is 1. The number of benzene rings is 2. The van der Waals surface area contributed by atoms with Crippen LogP contribution in [0.15, 0.2) is 53.6 Å². The first kappa shape index (κ1) is 20.9. The van der Waals surface area contributed by atoms with Gasteiger partial charge < -0.3 is 9.47 Å². The fourth-order valence-corrected chi connectivity index (χ4v) is 3.15. The Morgan fingerprint density at radius 1 is 1.13 bits per heavy atom. The molecule has 0 saturated heterocycles. The Kier molecular flexibility index (Phi) is 7.06. The summed E-state index contributed by atoms with van der Waals surface area (Å²) in [7, 11) is 1.52. The van der Waals surface area contributed by atoms with Gasteiger partial charge in [0.2, 0.25) is 5.13 Å². The quantitative estimate of drug-likeness (QED) is 0.342. The van der Waals surface area contributed by atoms with Crippen LogP contribution in [-0.4, -0.2) is 41.9 Å². The predicted molar refractivity (Wildman–Crippen MR) is 114 cm³/mol. The van der Waals surface area contributed by atoms with Gasteiger partial charge in [0.25, 0.3) is 0 Å². The lowest BCUT2D eigenvalue weighted by atomic mass is 10.2. The maximum atomic E-state index is 12.1. The van der Waals surface area contributed by atoms with Gasteiger partial charge in [0.15, 0.2) is 0 Å². The SMILES string of the molecule is CCOc1ccc(OC)c(/C=N/NC(=O)C(=O)Nc2nnc(-c3ccccc3)s2)c1. The highest BCUT2D eigenvalue weighted by atomic mass is 32.1. The Hall–Kier alpha value is -3.79. The van der Waals surface area contributed by atoms with E-state index in [9.17, 15) is 9.59 Å². The van der Waals surface area contributed by atoms with Gasteiger partial charge in [0.05, 0.1) is 19.9 Å². The molecule has 0 aliphatic heterocycles. The highest BCUT2D eigenvalue weighted by Crippen LogP contribution is 2.26. The van der Waals surface area contributed by atoms with E-state index >= 15 is 0 Å². The van der Waals surface area contributed by atoms with E-state index in [1.165, 1.54) is 13.3 Å². The maximum absolute atomic E-state index is 12.1. The van der Waals surface area contributed by atoms with E-state index in [4.69, 9.17) is 9.47 Å². The summed E-state index contributed by atoms with van der Waals surface area (Å²) in [5.41, 5.74) is 3.62. The monoisotopic (exact) mass is 425 g/mol. The number of nitrogens with one attached hydrogen (secondary N) is 2. The summed E-state index contributed by atoms with van der Waals surface area (Å²) in [6.07, 6.45) is 1.37. The summed E-state index contributed by atoms with van der Waals surface area (Å²) in [4.78, 5) is 24.1. The fraction of sp³-hybridized carbons (Fsp3) is 0.150. The second-order valence-electron chi connectivity index (χ2n) is 5.77. The molecule has 1 heterocycles. The van der Waals surface area contributed by atoms with Crippen molar-refractivity contribution in [3.8, 4) is 22.1 Å². The molecule has 0 unspecified atom stereocenters. The lowest BCUT2D eigenvalue weighted by Crippen LogP contribution is -2.32. The highest BCUT2D eigenvalue weighted by Gasteiger charge is 2.16. The Morgan fingerprint density at radius 2 is 1.93 bits per heavy atom. The molecule has 0 aliphatic rings. The molecule has 0 fully saturated rings. The molecule has 0 bridgehead atoms. The normalized spacial score (nSPS) is 10.6.